The molecule has 3 rings (SSSR count). The number of carbonyl (C=O) groups is 1. The monoisotopic (exact) mass is 296 g/mol. The molecule has 2 heterocycles. The van der Waals surface area contributed by atoms with Crippen molar-refractivity contribution < 1.29 is 13.9 Å². The molecule has 3 aromatic rings. The third kappa shape index (κ3) is 2.65. The highest BCUT2D eigenvalue weighted by Gasteiger charge is 2.15. The van der Waals surface area contributed by atoms with Crippen LogP contribution in [0.15, 0.2) is 40.8 Å². The van der Waals surface area contributed by atoms with Crippen molar-refractivity contribution in [2.24, 2.45) is 0 Å². The van der Waals surface area contributed by atoms with Crippen LogP contribution < -0.4 is 10.1 Å². The lowest BCUT2D eigenvalue weighted by atomic mass is 10.2. The van der Waals surface area contributed by atoms with Gasteiger partial charge in [0.15, 0.2) is 11.3 Å². The van der Waals surface area contributed by atoms with Crippen LogP contribution in [0.3, 0.4) is 0 Å². The number of hydrogen-bond acceptors (Lipinski definition) is 4. The van der Waals surface area contributed by atoms with Gasteiger partial charge in [-0.25, -0.2) is 4.98 Å². The van der Waals surface area contributed by atoms with Crippen LogP contribution in [0.4, 0.5) is 5.69 Å². The maximum atomic E-state index is 12.4. The summed E-state index contributed by atoms with van der Waals surface area (Å²) in [6.45, 7) is 3.84. The Kier molecular flexibility index (Phi) is 3.55. The van der Waals surface area contributed by atoms with Crippen molar-refractivity contribution in [3.05, 3.63) is 53.4 Å². The third-order valence-corrected chi connectivity index (χ3v) is 3.34. The standard InChI is InChI=1S/C17H16N2O3/c1-10-4-6-14(21-3)12(8-10)19-17(20)16-9-13-15(22-16)7-5-11(2)18-13/h4-9H,1-3H3,(H,19,20). The molecule has 1 N–H and O–H groups in total. The lowest BCUT2D eigenvalue weighted by molar-refractivity contribution is 0.0998. The number of amides is 1. The highest BCUT2D eigenvalue weighted by atomic mass is 16.5. The molecule has 0 spiro atoms. The number of furan rings is 1. The van der Waals surface area contributed by atoms with Gasteiger partial charge in [0.2, 0.25) is 0 Å². The zero-order valence-corrected chi connectivity index (χ0v) is 12.6. The molecule has 0 bridgehead atoms. The number of nitrogens with zero attached hydrogens (tertiary/aromatic N) is 1. The highest BCUT2D eigenvalue weighted by Crippen LogP contribution is 2.26. The number of anilines is 1. The van der Waals surface area contributed by atoms with Gasteiger partial charge in [-0.2, -0.15) is 0 Å². The fourth-order valence-corrected chi connectivity index (χ4v) is 2.24. The first-order chi connectivity index (χ1) is 10.6. The molecule has 2 aromatic heterocycles. The number of methoxy groups -OCH3 is 1. The summed E-state index contributed by atoms with van der Waals surface area (Å²) in [5.41, 5.74) is 3.77. The number of carbonyl (C=O) groups excluding carboxylic acids is 1. The Labute approximate surface area is 127 Å². The second kappa shape index (κ2) is 5.52. The van der Waals surface area contributed by atoms with Crippen molar-refractivity contribution in [2.45, 2.75) is 13.8 Å². The highest BCUT2D eigenvalue weighted by molar-refractivity contribution is 6.05. The maximum absolute atomic E-state index is 12.4. The first kappa shape index (κ1) is 14.1. The molecule has 22 heavy (non-hydrogen) atoms. The summed E-state index contributed by atoms with van der Waals surface area (Å²) in [5.74, 6) is 0.486. The summed E-state index contributed by atoms with van der Waals surface area (Å²) >= 11 is 0. The fourth-order valence-electron chi connectivity index (χ4n) is 2.24. The lowest BCUT2D eigenvalue weighted by Gasteiger charge is -2.09. The number of ether oxygens (including phenoxy) is 1. The summed E-state index contributed by atoms with van der Waals surface area (Å²) < 4.78 is 10.8. The van der Waals surface area contributed by atoms with Gasteiger partial charge in [-0.05, 0) is 43.7 Å². The molecule has 0 fully saturated rings. The molecule has 0 aliphatic rings. The molecule has 0 atom stereocenters. The minimum Gasteiger partial charge on any atom is -0.495 e. The molecule has 0 saturated carbocycles. The van der Waals surface area contributed by atoms with Gasteiger partial charge in [-0.3, -0.25) is 4.79 Å². The Balaban J connectivity index is 1.91. The van der Waals surface area contributed by atoms with Crippen LogP contribution in [0.2, 0.25) is 0 Å². The number of fused-ring (bicyclic) bond motifs is 1. The second-order valence-corrected chi connectivity index (χ2v) is 5.10. The van der Waals surface area contributed by atoms with Crippen LogP contribution in [0.25, 0.3) is 11.1 Å². The number of hydrogen-bond donors (Lipinski definition) is 1. The van der Waals surface area contributed by atoms with E-state index in [4.69, 9.17) is 9.15 Å². The Morgan fingerprint density at radius 1 is 1.18 bits per heavy atom. The number of aryl methyl sites for hydroxylation is 2. The molecule has 1 aromatic carbocycles. The average Bonchev–Trinajstić information content (AvgIpc) is 2.90. The smallest absolute Gasteiger partial charge is 0.291 e. The van der Waals surface area contributed by atoms with Gasteiger partial charge in [0, 0.05) is 11.8 Å². The largest absolute Gasteiger partial charge is 0.495 e. The average molecular weight is 296 g/mol. The van der Waals surface area contributed by atoms with E-state index < -0.39 is 0 Å². The molecule has 0 aliphatic heterocycles. The molecule has 5 nitrogen and oxygen atoms in total. The summed E-state index contributed by atoms with van der Waals surface area (Å²) in [6.07, 6.45) is 0. The number of pyridine rings is 1. The minimum atomic E-state index is -0.334. The zero-order valence-electron chi connectivity index (χ0n) is 12.6. The van der Waals surface area contributed by atoms with Gasteiger partial charge in [0.1, 0.15) is 11.3 Å². The topological polar surface area (TPSA) is 64.4 Å². The normalized spacial score (nSPS) is 10.7. The number of benzene rings is 1. The lowest BCUT2D eigenvalue weighted by Crippen LogP contribution is -2.11. The van der Waals surface area contributed by atoms with Crippen molar-refractivity contribution in [1.82, 2.24) is 4.98 Å². The Morgan fingerprint density at radius 2 is 2.00 bits per heavy atom. The quantitative estimate of drug-likeness (QED) is 0.800. The molecular weight excluding hydrogens is 280 g/mol. The van der Waals surface area contributed by atoms with Crippen LogP contribution in [0.5, 0.6) is 5.75 Å². The van der Waals surface area contributed by atoms with Crippen molar-refractivity contribution in [3.8, 4) is 5.75 Å². The Morgan fingerprint density at radius 3 is 2.77 bits per heavy atom. The zero-order chi connectivity index (χ0) is 15.7. The van der Waals surface area contributed by atoms with E-state index in [-0.39, 0.29) is 11.7 Å². The van der Waals surface area contributed by atoms with Crippen molar-refractivity contribution in [1.29, 1.82) is 0 Å². The predicted molar refractivity (Wildman–Crippen MR) is 84.4 cm³/mol. The van der Waals surface area contributed by atoms with Crippen LogP contribution in [-0.4, -0.2) is 18.0 Å². The van der Waals surface area contributed by atoms with Gasteiger partial charge in [-0.1, -0.05) is 6.07 Å². The number of aromatic nitrogens is 1. The van der Waals surface area contributed by atoms with Crippen molar-refractivity contribution in [2.75, 3.05) is 12.4 Å². The molecule has 5 heteroatoms. The summed E-state index contributed by atoms with van der Waals surface area (Å²) in [5, 5.41) is 2.81. The minimum absolute atomic E-state index is 0.219. The number of rotatable bonds is 3. The van der Waals surface area contributed by atoms with Crippen LogP contribution in [0, 0.1) is 13.8 Å². The Bertz CT molecular complexity index is 852. The van der Waals surface area contributed by atoms with Crippen LogP contribution in [0.1, 0.15) is 21.8 Å². The molecule has 0 unspecified atom stereocenters. The first-order valence-corrected chi connectivity index (χ1v) is 6.90. The molecule has 0 aliphatic carbocycles. The van der Waals surface area contributed by atoms with Gasteiger partial charge in [0.05, 0.1) is 12.8 Å². The van der Waals surface area contributed by atoms with Gasteiger partial charge >= 0.3 is 0 Å². The van der Waals surface area contributed by atoms with E-state index in [1.165, 1.54) is 0 Å². The third-order valence-electron chi connectivity index (χ3n) is 3.34. The van der Waals surface area contributed by atoms with Crippen molar-refractivity contribution in [3.63, 3.8) is 0 Å². The van der Waals surface area contributed by atoms with Gasteiger partial charge in [-0.15, -0.1) is 0 Å². The van der Waals surface area contributed by atoms with E-state index in [1.54, 1.807) is 13.2 Å². The van der Waals surface area contributed by atoms with E-state index in [0.29, 0.717) is 22.5 Å². The van der Waals surface area contributed by atoms with E-state index in [9.17, 15) is 4.79 Å². The molecular formula is C17H16N2O3. The summed E-state index contributed by atoms with van der Waals surface area (Å²) in [6, 6.07) is 10.9. The summed E-state index contributed by atoms with van der Waals surface area (Å²) in [4.78, 5) is 16.7. The van der Waals surface area contributed by atoms with E-state index in [1.807, 2.05) is 44.2 Å². The predicted octanol–water partition coefficient (Wildman–Crippen LogP) is 3.71. The van der Waals surface area contributed by atoms with Gasteiger partial charge < -0.3 is 14.5 Å². The second-order valence-electron chi connectivity index (χ2n) is 5.10. The molecule has 0 saturated heterocycles. The number of nitrogens with one attached hydrogen (secondary N) is 1. The van der Waals surface area contributed by atoms with Crippen LogP contribution >= 0.6 is 0 Å². The summed E-state index contributed by atoms with van der Waals surface area (Å²) in [7, 11) is 1.56. The first-order valence-electron chi connectivity index (χ1n) is 6.90. The van der Waals surface area contributed by atoms with Crippen molar-refractivity contribution >= 4 is 22.7 Å². The maximum Gasteiger partial charge on any atom is 0.291 e. The Hall–Kier alpha value is -2.82. The van der Waals surface area contributed by atoms with E-state index >= 15 is 0 Å². The van der Waals surface area contributed by atoms with Crippen LogP contribution in [-0.2, 0) is 0 Å². The SMILES string of the molecule is COc1ccc(C)cc1NC(=O)c1cc2nc(C)ccc2o1. The fraction of sp³-hybridized carbons (Fsp3) is 0.176. The van der Waals surface area contributed by atoms with Gasteiger partial charge in [0.25, 0.3) is 5.91 Å². The van der Waals surface area contributed by atoms with E-state index in [0.717, 1.165) is 11.3 Å². The molecule has 112 valence electrons. The molecule has 0 radical (unpaired) electrons. The molecule has 1 amide bonds. The van der Waals surface area contributed by atoms with E-state index in [2.05, 4.69) is 10.3 Å².